The number of nitrogen functional groups attached to an aromatic ring is 1. The lowest BCUT2D eigenvalue weighted by atomic mass is 10.1. The molecule has 17 heavy (non-hydrogen) atoms. The molecule has 90 valence electrons. The summed E-state index contributed by atoms with van der Waals surface area (Å²) >= 11 is 0. The average Bonchev–Trinajstić information content (AvgIpc) is 2.64. The van der Waals surface area contributed by atoms with E-state index < -0.39 is 12.2 Å². The van der Waals surface area contributed by atoms with Crippen molar-refractivity contribution in [2.24, 2.45) is 0 Å². The molecule has 1 heterocycles. The summed E-state index contributed by atoms with van der Waals surface area (Å²) in [5.41, 5.74) is 5.29. The monoisotopic (exact) mass is 244 g/mol. The molecule has 0 radical (unpaired) electrons. The molecule has 0 saturated heterocycles. The number of halogens is 3. The van der Waals surface area contributed by atoms with E-state index in [0.29, 0.717) is 4.68 Å². The maximum atomic E-state index is 13.0. The van der Waals surface area contributed by atoms with Crippen LogP contribution in [0.15, 0.2) is 41.1 Å². The van der Waals surface area contributed by atoms with Gasteiger partial charge < -0.3 is 5.73 Å². The van der Waals surface area contributed by atoms with Crippen LogP contribution < -0.4 is 10.4 Å². The second kappa shape index (κ2) is 4.08. The Bertz CT molecular complexity index is 495. The van der Waals surface area contributed by atoms with Crippen molar-refractivity contribution < 1.29 is 22.4 Å². The molecule has 1 aromatic carbocycles. The largest absolute Gasteiger partial charge is 0.459 e. The second-order valence-corrected chi connectivity index (χ2v) is 3.44. The van der Waals surface area contributed by atoms with Gasteiger partial charge >= 0.3 is 12.2 Å². The van der Waals surface area contributed by atoms with Gasteiger partial charge in [0.25, 0.3) is 12.1 Å². The van der Waals surface area contributed by atoms with Crippen LogP contribution in [0.3, 0.4) is 0 Å². The predicted molar refractivity (Wildman–Crippen MR) is 51.7 cm³/mol. The van der Waals surface area contributed by atoms with Crippen LogP contribution in [0.2, 0.25) is 0 Å². The molecule has 1 unspecified atom stereocenters. The fourth-order valence-corrected chi connectivity index (χ4v) is 1.52. The number of hydrogen-bond acceptors (Lipinski definition) is 3. The Labute approximate surface area is 94.4 Å². The quantitative estimate of drug-likeness (QED) is 0.818. The third-order valence-electron chi connectivity index (χ3n) is 2.19. The standard InChI is InChI=1S/C10H9F3N3O/c11-10(12,13)9(7-4-2-1-3-5-7)16-6-8(14)17-15-16/h1-6,9H,14H2/q+1. The highest BCUT2D eigenvalue weighted by atomic mass is 19.4. The smallest absolute Gasteiger partial charge is 0.362 e. The Morgan fingerprint density at radius 1 is 1.24 bits per heavy atom. The third kappa shape index (κ3) is 2.38. The Hall–Kier alpha value is -2.05. The molecule has 0 aliphatic carbocycles. The van der Waals surface area contributed by atoms with Crippen molar-refractivity contribution in [3.05, 3.63) is 42.1 Å². The summed E-state index contributed by atoms with van der Waals surface area (Å²) < 4.78 is 44.0. The molecule has 0 fully saturated rings. The molecule has 0 spiro atoms. The van der Waals surface area contributed by atoms with Gasteiger partial charge in [0.2, 0.25) is 5.27 Å². The van der Waals surface area contributed by atoms with Gasteiger partial charge in [-0.3, -0.25) is 4.52 Å². The van der Waals surface area contributed by atoms with Crippen molar-refractivity contribution in [3.8, 4) is 0 Å². The number of nitrogens with two attached hydrogens (primary N) is 1. The first-order chi connectivity index (χ1) is 7.98. The molecule has 2 rings (SSSR count). The first-order valence-electron chi connectivity index (χ1n) is 4.74. The van der Waals surface area contributed by atoms with Crippen LogP contribution in [-0.2, 0) is 0 Å². The van der Waals surface area contributed by atoms with E-state index in [1.165, 1.54) is 24.3 Å². The van der Waals surface area contributed by atoms with E-state index in [1.807, 2.05) is 0 Å². The summed E-state index contributed by atoms with van der Waals surface area (Å²) in [5.74, 6) is -0.171. The van der Waals surface area contributed by atoms with E-state index in [-0.39, 0.29) is 11.4 Å². The van der Waals surface area contributed by atoms with Gasteiger partial charge in [0.15, 0.2) is 0 Å². The van der Waals surface area contributed by atoms with Gasteiger partial charge in [0, 0.05) is 5.56 Å². The van der Waals surface area contributed by atoms with Crippen LogP contribution in [0.25, 0.3) is 0 Å². The minimum Gasteiger partial charge on any atom is -0.362 e. The molecular formula is C10H9F3N3O+. The molecule has 4 nitrogen and oxygen atoms in total. The minimum absolute atomic E-state index is 0.0679. The Morgan fingerprint density at radius 3 is 2.35 bits per heavy atom. The molecule has 0 bridgehead atoms. The predicted octanol–water partition coefficient (Wildman–Crippen LogP) is 1.70. The number of aromatic nitrogens is 2. The molecule has 0 amide bonds. The molecule has 2 aromatic rings. The van der Waals surface area contributed by atoms with Crippen molar-refractivity contribution in [2.75, 3.05) is 5.73 Å². The molecule has 7 heteroatoms. The van der Waals surface area contributed by atoms with Crippen LogP contribution in [0.5, 0.6) is 0 Å². The van der Waals surface area contributed by atoms with E-state index >= 15 is 0 Å². The van der Waals surface area contributed by atoms with E-state index in [1.54, 1.807) is 6.07 Å². The number of anilines is 1. The Kier molecular flexibility index (Phi) is 2.74. The van der Waals surface area contributed by atoms with Crippen LogP contribution in [0.4, 0.5) is 19.1 Å². The lowest BCUT2D eigenvalue weighted by Crippen LogP contribution is -2.49. The fourth-order valence-electron chi connectivity index (χ4n) is 1.52. The number of rotatable bonds is 2. The van der Waals surface area contributed by atoms with E-state index in [9.17, 15) is 13.2 Å². The zero-order chi connectivity index (χ0) is 12.5. The van der Waals surface area contributed by atoms with Gasteiger partial charge in [-0.05, 0) is 4.68 Å². The minimum atomic E-state index is -4.48. The second-order valence-electron chi connectivity index (χ2n) is 3.44. The summed E-state index contributed by atoms with van der Waals surface area (Å²) in [4.78, 5) is 0. The van der Waals surface area contributed by atoms with Gasteiger partial charge in [-0.1, -0.05) is 30.3 Å². The zero-order valence-electron chi connectivity index (χ0n) is 8.56. The molecule has 1 atom stereocenters. The molecular weight excluding hydrogens is 235 g/mol. The van der Waals surface area contributed by atoms with E-state index in [2.05, 4.69) is 9.79 Å². The number of nitrogens with zero attached hydrogens (tertiary/aromatic N) is 2. The van der Waals surface area contributed by atoms with E-state index in [0.717, 1.165) is 6.20 Å². The van der Waals surface area contributed by atoms with Crippen molar-refractivity contribution in [3.63, 3.8) is 0 Å². The summed E-state index contributed by atoms with van der Waals surface area (Å²) in [5, 5.41) is 3.26. The van der Waals surface area contributed by atoms with Gasteiger partial charge in [0.1, 0.15) is 0 Å². The highest BCUT2D eigenvalue weighted by Gasteiger charge is 2.50. The highest BCUT2D eigenvalue weighted by Crippen LogP contribution is 2.31. The lowest BCUT2D eigenvalue weighted by molar-refractivity contribution is -0.796. The zero-order valence-corrected chi connectivity index (χ0v) is 8.56. The van der Waals surface area contributed by atoms with Crippen LogP contribution in [-0.4, -0.2) is 11.4 Å². The summed E-state index contributed by atoms with van der Waals surface area (Å²) in [7, 11) is 0. The molecule has 0 saturated carbocycles. The first kappa shape index (κ1) is 11.4. The molecule has 0 aliphatic heterocycles. The van der Waals surface area contributed by atoms with Crippen LogP contribution in [0, 0.1) is 0 Å². The molecule has 2 N–H and O–H groups in total. The average molecular weight is 244 g/mol. The number of benzene rings is 1. The van der Waals surface area contributed by atoms with E-state index in [4.69, 9.17) is 5.73 Å². The fraction of sp³-hybridized carbons (Fsp3) is 0.200. The summed E-state index contributed by atoms with van der Waals surface area (Å²) in [6.07, 6.45) is -3.47. The van der Waals surface area contributed by atoms with Gasteiger partial charge in [-0.15, -0.1) is 0 Å². The van der Waals surface area contributed by atoms with Crippen LogP contribution in [0.1, 0.15) is 11.6 Å². The Morgan fingerprint density at radius 2 is 1.88 bits per heavy atom. The van der Waals surface area contributed by atoms with Crippen molar-refractivity contribution >= 4 is 5.88 Å². The summed E-state index contributed by atoms with van der Waals surface area (Å²) in [6, 6.07) is 5.53. The maximum absolute atomic E-state index is 13.0. The lowest BCUT2D eigenvalue weighted by Gasteiger charge is -2.11. The number of alkyl halides is 3. The third-order valence-corrected chi connectivity index (χ3v) is 2.19. The first-order valence-corrected chi connectivity index (χ1v) is 4.74. The highest BCUT2D eigenvalue weighted by molar-refractivity contribution is 5.19. The topological polar surface area (TPSA) is 55.9 Å². The normalized spacial score (nSPS) is 13.6. The van der Waals surface area contributed by atoms with Crippen molar-refractivity contribution in [2.45, 2.75) is 12.2 Å². The van der Waals surface area contributed by atoms with Gasteiger partial charge in [0.05, 0.1) is 0 Å². The van der Waals surface area contributed by atoms with Crippen molar-refractivity contribution in [1.29, 1.82) is 0 Å². The Balaban J connectivity index is 2.47. The SMILES string of the molecule is Nc1c[n+](C(c2ccccc2)C(F)(F)F)no1. The van der Waals surface area contributed by atoms with Gasteiger partial charge in [-0.25, -0.2) is 0 Å². The molecule has 0 aliphatic rings. The number of hydrogen-bond donors (Lipinski definition) is 1. The van der Waals surface area contributed by atoms with Crippen LogP contribution >= 0.6 is 0 Å². The molecule has 1 aromatic heterocycles. The van der Waals surface area contributed by atoms with Gasteiger partial charge in [-0.2, -0.15) is 13.2 Å². The van der Waals surface area contributed by atoms with Crippen molar-refractivity contribution in [1.82, 2.24) is 5.27 Å². The summed E-state index contributed by atoms with van der Waals surface area (Å²) in [6.45, 7) is 0. The maximum Gasteiger partial charge on any atom is 0.459 e.